The van der Waals surface area contributed by atoms with Crippen molar-refractivity contribution in [2.45, 2.75) is 13.3 Å². The number of anilines is 1. The smallest absolute Gasteiger partial charge is 0.340 e. The van der Waals surface area contributed by atoms with Gasteiger partial charge in [0.2, 0.25) is 0 Å². The summed E-state index contributed by atoms with van der Waals surface area (Å²) in [4.78, 5) is 11.4. The molecule has 1 aromatic rings. The molecule has 0 aliphatic heterocycles. The van der Waals surface area contributed by atoms with Crippen LogP contribution < -0.4 is 10.5 Å². The summed E-state index contributed by atoms with van der Waals surface area (Å²) in [5.74, 6) is -2.15. The SMILES string of the molecule is CCOC(=O)c1cc(OCC(F)F)c(F)cc1N. The Morgan fingerprint density at radius 2 is 2.11 bits per heavy atom. The molecule has 0 saturated heterocycles. The molecule has 0 spiro atoms. The van der Waals surface area contributed by atoms with Crippen LogP contribution in [0.15, 0.2) is 12.1 Å². The van der Waals surface area contributed by atoms with Gasteiger partial charge >= 0.3 is 5.97 Å². The van der Waals surface area contributed by atoms with Gasteiger partial charge in [-0.15, -0.1) is 0 Å². The van der Waals surface area contributed by atoms with Gasteiger partial charge < -0.3 is 15.2 Å². The first-order valence-corrected chi connectivity index (χ1v) is 5.12. The Labute approximate surface area is 101 Å². The highest BCUT2D eigenvalue weighted by atomic mass is 19.3. The standard InChI is InChI=1S/C11H12F3NO3/c1-2-17-11(16)6-3-9(18-5-10(13)14)7(12)4-8(6)15/h3-4,10H,2,5,15H2,1H3. The number of hydrogen-bond donors (Lipinski definition) is 1. The van der Waals surface area contributed by atoms with Gasteiger partial charge in [-0.1, -0.05) is 0 Å². The average molecular weight is 263 g/mol. The summed E-state index contributed by atoms with van der Waals surface area (Å²) in [5, 5.41) is 0. The summed E-state index contributed by atoms with van der Waals surface area (Å²) in [6, 6.07) is 1.78. The molecule has 7 heteroatoms. The van der Waals surface area contributed by atoms with Crippen molar-refractivity contribution in [3.63, 3.8) is 0 Å². The van der Waals surface area contributed by atoms with E-state index in [2.05, 4.69) is 9.47 Å². The van der Waals surface area contributed by atoms with Gasteiger partial charge in [0, 0.05) is 11.8 Å². The number of halogens is 3. The number of benzene rings is 1. The summed E-state index contributed by atoms with van der Waals surface area (Å²) >= 11 is 0. The van der Waals surface area contributed by atoms with Gasteiger partial charge in [0.15, 0.2) is 11.6 Å². The van der Waals surface area contributed by atoms with Gasteiger partial charge in [-0.2, -0.15) is 0 Å². The predicted octanol–water partition coefficient (Wildman–Crippen LogP) is 2.23. The van der Waals surface area contributed by atoms with Gasteiger partial charge in [0.1, 0.15) is 6.61 Å². The lowest BCUT2D eigenvalue weighted by atomic mass is 10.1. The highest BCUT2D eigenvalue weighted by Crippen LogP contribution is 2.25. The predicted molar refractivity (Wildman–Crippen MR) is 58.3 cm³/mol. The van der Waals surface area contributed by atoms with E-state index in [1.807, 2.05) is 0 Å². The molecule has 0 radical (unpaired) electrons. The Bertz CT molecular complexity index is 438. The number of alkyl halides is 2. The second-order valence-corrected chi connectivity index (χ2v) is 3.29. The van der Waals surface area contributed by atoms with Crippen molar-refractivity contribution >= 4 is 11.7 Å². The van der Waals surface area contributed by atoms with E-state index in [0.717, 1.165) is 12.1 Å². The van der Waals surface area contributed by atoms with E-state index in [4.69, 9.17) is 5.73 Å². The van der Waals surface area contributed by atoms with E-state index in [0.29, 0.717) is 0 Å². The molecule has 0 fully saturated rings. The molecule has 100 valence electrons. The molecule has 0 amide bonds. The molecule has 2 N–H and O–H groups in total. The Hall–Kier alpha value is -1.92. The number of esters is 1. The Balaban J connectivity index is 2.98. The zero-order valence-electron chi connectivity index (χ0n) is 9.58. The van der Waals surface area contributed by atoms with Crippen molar-refractivity contribution in [3.8, 4) is 5.75 Å². The summed E-state index contributed by atoms with van der Waals surface area (Å²) in [6.45, 7) is 0.734. The van der Waals surface area contributed by atoms with Crippen LogP contribution in [0.4, 0.5) is 18.9 Å². The molecular formula is C11H12F3NO3. The summed E-state index contributed by atoms with van der Waals surface area (Å²) in [7, 11) is 0. The summed E-state index contributed by atoms with van der Waals surface area (Å²) in [5.41, 5.74) is 5.17. The van der Waals surface area contributed by atoms with Crippen LogP contribution in [0, 0.1) is 5.82 Å². The number of ether oxygens (including phenoxy) is 2. The Morgan fingerprint density at radius 1 is 1.44 bits per heavy atom. The maximum absolute atomic E-state index is 13.3. The lowest BCUT2D eigenvalue weighted by Crippen LogP contribution is -2.12. The molecule has 18 heavy (non-hydrogen) atoms. The van der Waals surface area contributed by atoms with Crippen LogP contribution >= 0.6 is 0 Å². The molecule has 0 heterocycles. The largest absolute Gasteiger partial charge is 0.485 e. The fourth-order valence-corrected chi connectivity index (χ4v) is 1.22. The molecule has 0 unspecified atom stereocenters. The minimum absolute atomic E-state index is 0.114. The number of rotatable bonds is 5. The van der Waals surface area contributed by atoms with Crippen LogP contribution in [0.25, 0.3) is 0 Å². The second-order valence-electron chi connectivity index (χ2n) is 3.29. The van der Waals surface area contributed by atoms with Crippen molar-refractivity contribution in [2.75, 3.05) is 18.9 Å². The Kier molecular flexibility index (Phi) is 4.82. The van der Waals surface area contributed by atoms with Crippen molar-refractivity contribution in [1.82, 2.24) is 0 Å². The lowest BCUT2D eigenvalue weighted by Gasteiger charge is -2.10. The van der Waals surface area contributed by atoms with Gasteiger partial charge in [-0.3, -0.25) is 0 Å². The average Bonchev–Trinajstić information content (AvgIpc) is 2.27. The first kappa shape index (κ1) is 14.1. The molecule has 0 bridgehead atoms. The van der Waals surface area contributed by atoms with Crippen LogP contribution in [0.3, 0.4) is 0 Å². The quantitative estimate of drug-likeness (QED) is 0.653. The zero-order chi connectivity index (χ0) is 13.7. The molecule has 4 nitrogen and oxygen atoms in total. The third-order valence-corrected chi connectivity index (χ3v) is 1.96. The monoisotopic (exact) mass is 263 g/mol. The van der Waals surface area contributed by atoms with E-state index in [1.165, 1.54) is 0 Å². The molecular weight excluding hydrogens is 251 g/mol. The van der Waals surface area contributed by atoms with Gasteiger partial charge in [0.05, 0.1) is 12.2 Å². The topological polar surface area (TPSA) is 61.5 Å². The van der Waals surface area contributed by atoms with Crippen LogP contribution in [-0.2, 0) is 4.74 Å². The minimum atomic E-state index is -2.74. The van der Waals surface area contributed by atoms with Crippen LogP contribution in [-0.4, -0.2) is 25.6 Å². The van der Waals surface area contributed by atoms with Crippen LogP contribution in [0.1, 0.15) is 17.3 Å². The van der Waals surface area contributed by atoms with Gasteiger partial charge in [-0.25, -0.2) is 18.0 Å². The second kappa shape index (κ2) is 6.13. The van der Waals surface area contributed by atoms with E-state index in [1.54, 1.807) is 6.92 Å². The van der Waals surface area contributed by atoms with Crippen LogP contribution in [0.5, 0.6) is 5.75 Å². The summed E-state index contributed by atoms with van der Waals surface area (Å²) in [6.07, 6.45) is -2.74. The van der Waals surface area contributed by atoms with Crippen LogP contribution in [0.2, 0.25) is 0 Å². The lowest BCUT2D eigenvalue weighted by molar-refractivity contribution is 0.0526. The number of hydrogen-bond acceptors (Lipinski definition) is 4. The third-order valence-electron chi connectivity index (χ3n) is 1.96. The van der Waals surface area contributed by atoms with Crippen molar-refractivity contribution in [2.24, 2.45) is 0 Å². The maximum atomic E-state index is 13.3. The highest BCUT2D eigenvalue weighted by Gasteiger charge is 2.17. The van der Waals surface area contributed by atoms with E-state index < -0.39 is 30.6 Å². The van der Waals surface area contributed by atoms with Gasteiger partial charge in [-0.05, 0) is 13.0 Å². The molecule has 0 atom stereocenters. The number of carbonyl (C=O) groups is 1. The van der Waals surface area contributed by atoms with Gasteiger partial charge in [0.25, 0.3) is 6.43 Å². The Morgan fingerprint density at radius 3 is 2.67 bits per heavy atom. The normalized spacial score (nSPS) is 10.5. The summed E-state index contributed by atoms with van der Waals surface area (Å²) < 4.78 is 46.4. The number of carbonyl (C=O) groups excluding carboxylic acids is 1. The molecule has 1 aromatic carbocycles. The first-order valence-electron chi connectivity index (χ1n) is 5.12. The highest BCUT2D eigenvalue weighted by molar-refractivity contribution is 5.95. The van der Waals surface area contributed by atoms with Crippen molar-refractivity contribution in [1.29, 1.82) is 0 Å². The number of nitrogen functional groups attached to an aromatic ring is 1. The van der Waals surface area contributed by atoms with Crippen molar-refractivity contribution in [3.05, 3.63) is 23.5 Å². The first-order chi connectivity index (χ1) is 8.45. The molecule has 1 rings (SSSR count). The zero-order valence-corrected chi connectivity index (χ0v) is 9.58. The fraction of sp³-hybridized carbons (Fsp3) is 0.364. The minimum Gasteiger partial charge on any atom is -0.485 e. The van der Waals surface area contributed by atoms with E-state index >= 15 is 0 Å². The van der Waals surface area contributed by atoms with Crippen molar-refractivity contribution < 1.29 is 27.4 Å². The number of nitrogens with two attached hydrogens (primary N) is 1. The van der Waals surface area contributed by atoms with E-state index in [9.17, 15) is 18.0 Å². The molecule has 0 aliphatic carbocycles. The maximum Gasteiger partial charge on any atom is 0.340 e. The molecule has 0 aliphatic rings. The molecule has 0 aromatic heterocycles. The fourth-order valence-electron chi connectivity index (χ4n) is 1.22. The molecule has 0 saturated carbocycles. The third kappa shape index (κ3) is 3.54. The van der Waals surface area contributed by atoms with E-state index in [-0.39, 0.29) is 17.9 Å².